The molecule has 0 saturated heterocycles. The first-order chi connectivity index (χ1) is 53.3. The highest BCUT2D eigenvalue weighted by molar-refractivity contribution is 5.93. The summed E-state index contributed by atoms with van der Waals surface area (Å²) < 4.78 is 61.1. The molecule has 0 amide bonds. The molecular formula is C90H112O19. The Hall–Kier alpha value is -9.78. The summed E-state index contributed by atoms with van der Waals surface area (Å²) >= 11 is 0. The van der Waals surface area contributed by atoms with E-state index in [0.717, 1.165) is 150 Å². The van der Waals surface area contributed by atoms with Crippen molar-refractivity contribution in [3.05, 3.63) is 175 Å². The van der Waals surface area contributed by atoms with Crippen LogP contribution in [0.3, 0.4) is 0 Å². The average Bonchev–Trinajstić information content (AvgIpc) is 0.849. The van der Waals surface area contributed by atoms with Crippen molar-refractivity contribution in [2.75, 3.05) is 46.2 Å². The highest BCUT2D eigenvalue weighted by Crippen LogP contribution is 2.43. The Morgan fingerprint density at radius 3 is 1.03 bits per heavy atom. The standard InChI is InChI=1S/C90H112O19/c1-3-5-15-24-67-26-28-68(29-27-67)69-30-34-72(35-31-69)87(95)106-79-50-52-80(53-51-79)107-88(96)73-36-32-70(33-37-73)71-38-44-76(45-39-71)99-61-19-11-13-22-65-104-85(93)58-59-86(94)105-66-23-14-16-25-84(92)103-64-20-9-7-6-8-17-60-100-77-46-40-74(41-47-77)89(97)108-81-54-56-82(57-55-81)109-90(98)75-42-48-78(49-43-75)101-62-18-10-12-21-63-102-83(91)4-2/h4,32-33,36-57,67-69,72H,2-3,5-31,34-35,58-66H2,1H3. The van der Waals surface area contributed by atoms with Gasteiger partial charge in [0.1, 0.15) is 40.2 Å². The van der Waals surface area contributed by atoms with Crippen molar-refractivity contribution in [2.45, 2.75) is 212 Å². The average molecular weight is 1500 g/mol. The van der Waals surface area contributed by atoms with Crippen LogP contribution in [0.2, 0.25) is 0 Å². The molecule has 2 aliphatic rings. The van der Waals surface area contributed by atoms with Crippen LogP contribution in [0.1, 0.15) is 243 Å². The van der Waals surface area contributed by atoms with Crippen LogP contribution in [0.25, 0.3) is 11.1 Å². The van der Waals surface area contributed by atoms with Gasteiger partial charge in [-0.2, -0.15) is 0 Å². The lowest BCUT2D eigenvalue weighted by Gasteiger charge is -2.37. The van der Waals surface area contributed by atoms with Crippen LogP contribution in [-0.2, 0) is 42.9 Å². The highest BCUT2D eigenvalue weighted by atomic mass is 16.6. The smallest absolute Gasteiger partial charge is 0.343 e. The molecule has 0 unspecified atom stereocenters. The molecule has 0 radical (unpaired) electrons. The third-order valence-electron chi connectivity index (χ3n) is 20.0. The van der Waals surface area contributed by atoms with Gasteiger partial charge in [-0.1, -0.05) is 102 Å². The summed E-state index contributed by atoms with van der Waals surface area (Å²) in [6, 6.07) is 41.3. The van der Waals surface area contributed by atoms with Crippen molar-refractivity contribution in [1.82, 2.24) is 0 Å². The van der Waals surface area contributed by atoms with Crippen LogP contribution < -0.4 is 33.2 Å². The molecule has 8 rings (SSSR count). The summed E-state index contributed by atoms with van der Waals surface area (Å²) in [4.78, 5) is 99.6. The molecule has 6 aromatic rings. The summed E-state index contributed by atoms with van der Waals surface area (Å²) in [7, 11) is 0. The summed E-state index contributed by atoms with van der Waals surface area (Å²) in [6.07, 6.45) is 30.6. The van der Waals surface area contributed by atoms with E-state index >= 15 is 0 Å². The van der Waals surface area contributed by atoms with Crippen LogP contribution in [0, 0.1) is 23.7 Å². The van der Waals surface area contributed by atoms with Crippen molar-refractivity contribution in [1.29, 1.82) is 0 Å². The van der Waals surface area contributed by atoms with Gasteiger partial charge < -0.3 is 52.1 Å². The molecule has 19 heteroatoms. The van der Waals surface area contributed by atoms with E-state index in [2.05, 4.69) is 13.5 Å². The minimum absolute atomic E-state index is 0.0433. The van der Waals surface area contributed by atoms with Gasteiger partial charge in [0.15, 0.2) is 0 Å². The zero-order valence-electron chi connectivity index (χ0n) is 63.8. The van der Waals surface area contributed by atoms with Gasteiger partial charge in [-0.3, -0.25) is 19.2 Å². The van der Waals surface area contributed by atoms with Crippen LogP contribution in [-0.4, -0.2) is 94.0 Å². The molecule has 0 aliphatic heterocycles. The fourth-order valence-corrected chi connectivity index (χ4v) is 13.6. The van der Waals surface area contributed by atoms with E-state index in [1.165, 1.54) is 51.4 Å². The summed E-state index contributed by atoms with van der Waals surface area (Å²) in [5.74, 6) is 2.55. The van der Waals surface area contributed by atoms with E-state index in [1.807, 2.05) is 36.4 Å². The zero-order valence-corrected chi connectivity index (χ0v) is 63.8. The fourth-order valence-electron chi connectivity index (χ4n) is 13.6. The Bertz CT molecular complexity index is 3680. The highest BCUT2D eigenvalue weighted by Gasteiger charge is 2.34. The maximum absolute atomic E-state index is 13.1. The molecule has 19 nitrogen and oxygen atoms in total. The molecule has 0 spiro atoms. The number of benzene rings is 6. The molecular weight excluding hydrogens is 1380 g/mol. The first-order valence-corrected chi connectivity index (χ1v) is 39.9. The number of unbranched alkanes of at least 4 members (excludes halogenated alkanes) is 15. The fraction of sp³-hybridized carbons (Fsp3) is 0.489. The maximum atomic E-state index is 13.1. The van der Waals surface area contributed by atoms with Crippen LogP contribution in [0.4, 0.5) is 0 Å². The predicted octanol–water partition coefficient (Wildman–Crippen LogP) is 20.1. The molecule has 2 fully saturated rings. The number of esters is 8. The topological polar surface area (TPSA) is 238 Å². The molecule has 6 aromatic carbocycles. The molecule has 2 aliphatic carbocycles. The normalized spacial score (nSPS) is 15.3. The Balaban J connectivity index is 0.545. The van der Waals surface area contributed by atoms with Crippen molar-refractivity contribution in [3.63, 3.8) is 0 Å². The molecule has 0 atom stereocenters. The SMILES string of the molecule is C=CC(=O)OCCCCCCOc1ccc(C(=O)Oc2ccc(OC(=O)c3ccc(OCCCCCCCCOC(=O)CCCCCOC(=O)CCC(=O)OCCCCCCOc4ccc(-c5ccc(C(=O)Oc6ccc(OC(=O)C7CCC(C8CCC(CCCCC)CC8)CC7)cc6)cc5)cc4)cc3)cc2)cc1. The lowest BCUT2D eigenvalue weighted by Crippen LogP contribution is -2.30. The van der Waals surface area contributed by atoms with Gasteiger partial charge >= 0.3 is 47.8 Å². The van der Waals surface area contributed by atoms with Gasteiger partial charge in [-0.15, -0.1) is 0 Å². The molecule has 0 aromatic heterocycles. The number of hydrogen-bond acceptors (Lipinski definition) is 19. The molecule has 586 valence electrons. The van der Waals surface area contributed by atoms with Crippen LogP contribution in [0.15, 0.2) is 158 Å². The summed E-state index contributed by atoms with van der Waals surface area (Å²) in [5.41, 5.74) is 3.03. The molecule has 2 saturated carbocycles. The van der Waals surface area contributed by atoms with Crippen molar-refractivity contribution < 1.29 is 90.5 Å². The Kier molecular flexibility index (Phi) is 38.4. The van der Waals surface area contributed by atoms with Crippen molar-refractivity contribution in [3.8, 4) is 51.4 Å². The number of rotatable bonds is 50. The quantitative estimate of drug-likeness (QED) is 0.0113. The first kappa shape index (κ1) is 84.8. The monoisotopic (exact) mass is 1500 g/mol. The van der Waals surface area contributed by atoms with E-state index in [-0.39, 0.29) is 43.9 Å². The first-order valence-electron chi connectivity index (χ1n) is 39.9. The second-order valence-electron chi connectivity index (χ2n) is 28.4. The summed E-state index contributed by atoms with van der Waals surface area (Å²) in [5, 5.41) is 0. The number of carbonyl (C=O) groups excluding carboxylic acids is 8. The molecule has 0 bridgehead atoms. The number of ether oxygens (including phenoxy) is 11. The van der Waals surface area contributed by atoms with E-state index in [4.69, 9.17) is 52.1 Å². The van der Waals surface area contributed by atoms with Crippen LogP contribution in [0.5, 0.6) is 40.2 Å². The van der Waals surface area contributed by atoms with Crippen LogP contribution >= 0.6 is 0 Å². The van der Waals surface area contributed by atoms with Gasteiger partial charge in [0.25, 0.3) is 0 Å². The zero-order chi connectivity index (χ0) is 76.9. The lowest BCUT2D eigenvalue weighted by atomic mass is 9.68. The van der Waals surface area contributed by atoms with E-state index < -0.39 is 35.8 Å². The Labute approximate surface area is 643 Å². The third-order valence-corrected chi connectivity index (χ3v) is 20.0. The second kappa shape index (κ2) is 49.3. The van der Waals surface area contributed by atoms with E-state index in [9.17, 15) is 38.4 Å². The summed E-state index contributed by atoms with van der Waals surface area (Å²) in [6.45, 7) is 8.51. The lowest BCUT2D eigenvalue weighted by molar-refractivity contribution is -0.150. The van der Waals surface area contributed by atoms with E-state index in [0.29, 0.717) is 116 Å². The van der Waals surface area contributed by atoms with Gasteiger partial charge in [0, 0.05) is 12.5 Å². The number of carbonyl (C=O) groups is 8. The van der Waals surface area contributed by atoms with Gasteiger partial charge in [0.05, 0.1) is 81.7 Å². The third kappa shape index (κ3) is 32.9. The van der Waals surface area contributed by atoms with Gasteiger partial charge in [-0.25, -0.2) is 19.2 Å². The van der Waals surface area contributed by atoms with Crippen molar-refractivity contribution in [2.24, 2.45) is 23.7 Å². The molecule has 0 N–H and O–H groups in total. The molecule has 109 heavy (non-hydrogen) atoms. The largest absolute Gasteiger partial charge is 0.494 e. The molecule has 0 heterocycles. The van der Waals surface area contributed by atoms with Crippen molar-refractivity contribution >= 4 is 47.8 Å². The Morgan fingerprint density at radius 1 is 0.321 bits per heavy atom. The maximum Gasteiger partial charge on any atom is 0.343 e. The minimum atomic E-state index is -0.542. The predicted molar refractivity (Wildman–Crippen MR) is 416 cm³/mol. The second-order valence-corrected chi connectivity index (χ2v) is 28.4. The Morgan fingerprint density at radius 2 is 0.633 bits per heavy atom. The van der Waals surface area contributed by atoms with Gasteiger partial charge in [0.2, 0.25) is 0 Å². The van der Waals surface area contributed by atoms with Gasteiger partial charge in [-0.05, 0) is 272 Å². The number of hydrogen-bond donors (Lipinski definition) is 0. The minimum Gasteiger partial charge on any atom is -0.494 e. The van der Waals surface area contributed by atoms with E-state index in [1.54, 1.807) is 109 Å².